The Hall–Kier alpha value is -3.29. The van der Waals surface area contributed by atoms with Crippen molar-refractivity contribution in [3.8, 4) is 17.2 Å². The zero-order valence-corrected chi connectivity index (χ0v) is 14.0. The molecular formula is C17H16N4O4. The maximum absolute atomic E-state index is 12.1. The Morgan fingerprint density at radius 1 is 1.12 bits per heavy atom. The summed E-state index contributed by atoms with van der Waals surface area (Å²) in [7, 11) is 1.59. The van der Waals surface area contributed by atoms with Gasteiger partial charge in [-0.05, 0) is 38.1 Å². The topological polar surface area (TPSA) is 100 Å². The van der Waals surface area contributed by atoms with Crippen LogP contribution in [0.5, 0.6) is 5.75 Å². The van der Waals surface area contributed by atoms with Gasteiger partial charge in [-0.15, -0.1) is 10.2 Å². The van der Waals surface area contributed by atoms with E-state index in [-0.39, 0.29) is 11.6 Å². The first-order chi connectivity index (χ1) is 12.1. The van der Waals surface area contributed by atoms with Crippen molar-refractivity contribution in [1.82, 2.24) is 20.2 Å². The lowest BCUT2D eigenvalue weighted by Gasteiger charge is -2.08. The van der Waals surface area contributed by atoms with Crippen molar-refractivity contribution in [3.63, 3.8) is 0 Å². The summed E-state index contributed by atoms with van der Waals surface area (Å²) in [6.45, 7) is 3.43. The van der Waals surface area contributed by atoms with Gasteiger partial charge >= 0.3 is 5.97 Å². The lowest BCUT2D eigenvalue weighted by molar-refractivity contribution is 0.0272. The number of aromatic nitrogens is 4. The molecule has 0 radical (unpaired) electrons. The Balaban J connectivity index is 1.70. The van der Waals surface area contributed by atoms with Crippen molar-refractivity contribution in [1.29, 1.82) is 0 Å². The minimum absolute atomic E-state index is 0.118. The third-order valence-corrected chi connectivity index (χ3v) is 3.40. The molecule has 2 aromatic heterocycles. The highest BCUT2D eigenvalue weighted by atomic mass is 16.6. The van der Waals surface area contributed by atoms with Crippen LogP contribution in [0, 0.1) is 6.92 Å². The van der Waals surface area contributed by atoms with E-state index in [9.17, 15) is 4.79 Å². The van der Waals surface area contributed by atoms with Gasteiger partial charge in [-0.1, -0.05) is 0 Å². The maximum Gasteiger partial charge on any atom is 0.359 e. The second-order valence-electron chi connectivity index (χ2n) is 5.26. The van der Waals surface area contributed by atoms with Gasteiger partial charge in [0.05, 0.1) is 19.0 Å². The van der Waals surface area contributed by atoms with Gasteiger partial charge in [0, 0.05) is 11.8 Å². The summed E-state index contributed by atoms with van der Waals surface area (Å²) in [5, 5.41) is 7.91. The standard InChI is InChI=1S/C17H16N4O4/c1-10-8-19-14(9-18-10)17(22)24-11(2)15-20-21-16(25-15)12-4-6-13(23-3)7-5-12/h4-9,11H,1-3H3. The van der Waals surface area contributed by atoms with Crippen LogP contribution in [-0.2, 0) is 4.74 Å². The molecule has 8 heteroatoms. The largest absolute Gasteiger partial charge is 0.497 e. The van der Waals surface area contributed by atoms with E-state index in [1.807, 2.05) is 0 Å². The smallest absolute Gasteiger partial charge is 0.359 e. The maximum atomic E-state index is 12.1. The predicted molar refractivity (Wildman–Crippen MR) is 86.9 cm³/mol. The van der Waals surface area contributed by atoms with Crippen LogP contribution in [0.4, 0.5) is 0 Å². The summed E-state index contributed by atoms with van der Waals surface area (Å²) < 4.78 is 16.0. The molecule has 1 aromatic carbocycles. The van der Waals surface area contributed by atoms with Crippen LogP contribution < -0.4 is 4.74 Å². The summed E-state index contributed by atoms with van der Waals surface area (Å²) >= 11 is 0. The molecule has 0 amide bonds. The number of methoxy groups -OCH3 is 1. The molecule has 0 N–H and O–H groups in total. The first kappa shape index (κ1) is 16.6. The number of aryl methyl sites for hydroxylation is 1. The number of nitrogens with zero attached hydrogens (tertiary/aromatic N) is 4. The first-order valence-corrected chi connectivity index (χ1v) is 7.54. The molecule has 0 fully saturated rings. The van der Waals surface area contributed by atoms with E-state index in [0.717, 1.165) is 11.3 Å². The third kappa shape index (κ3) is 3.79. The van der Waals surface area contributed by atoms with Gasteiger partial charge in [-0.3, -0.25) is 4.98 Å². The average Bonchev–Trinajstić information content (AvgIpc) is 3.12. The molecule has 25 heavy (non-hydrogen) atoms. The Morgan fingerprint density at radius 2 is 1.88 bits per heavy atom. The van der Waals surface area contributed by atoms with E-state index in [2.05, 4.69) is 20.2 Å². The van der Waals surface area contributed by atoms with Crippen molar-refractivity contribution < 1.29 is 18.7 Å². The summed E-state index contributed by atoms with van der Waals surface area (Å²) in [6, 6.07) is 7.18. The Bertz CT molecular complexity index is 859. The number of carbonyl (C=O) groups is 1. The second kappa shape index (κ2) is 7.08. The molecule has 0 spiro atoms. The molecule has 0 saturated carbocycles. The number of hydrogen-bond acceptors (Lipinski definition) is 8. The molecule has 128 valence electrons. The molecule has 0 aliphatic carbocycles. The van der Waals surface area contributed by atoms with Gasteiger partial charge in [0.2, 0.25) is 5.89 Å². The second-order valence-corrected chi connectivity index (χ2v) is 5.26. The van der Waals surface area contributed by atoms with Crippen LogP contribution in [0.15, 0.2) is 41.1 Å². The van der Waals surface area contributed by atoms with Crippen LogP contribution in [0.2, 0.25) is 0 Å². The molecule has 0 aliphatic rings. The zero-order valence-electron chi connectivity index (χ0n) is 14.0. The van der Waals surface area contributed by atoms with Crippen molar-refractivity contribution in [2.45, 2.75) is 20.0 Å². The predicted octanol–water partition coefficient (Wildman–Crippen LogP) is 2.76. The lowest BCUT2D eigenvalue weighted by atomic mass is 10.2. The third-order valence-electron chi connectivity index (χ3n) is 3.40. The first-order valence-electron chi connectivity index (χ1n) is 7.54. The van der Waals surface area contributed by atoms with E-state index < -0.39 is 12.1 Å². The number of esters is 1. The molecule has 0 bridgehead atoms. The summed E-state index contributed by atoms with van der Waals surface area (Å²) in [5.74, 6) is 0.643. The number of ether oxygens (including phenoxy) is 2. The average molecular weight is 340 g/mol. The Morgan fingerprint density at radius 3 is 2.52 bits per heavy atom. The van der Waals surface area contributed by atoms with Gasteiger partial charge < -0.3 is 13.9 Å². The molecule has 3 aromatic rings. The Labute approximate surface area is 143 Å². The number of benzene rings is 1. The van der Waals surface area contributed by atoms with Gasteiger partial charge in [-0.2, -0.15) is 0 Å². The molecule has 0 aliphatic heterocycles. The van der Waals surface area contributed by atoms with Crippen molar-refractivity contribution in [2.24, 2.45) is 0 Å². The highest BCUT2D eigenvalue weighted by Crippen LogP contribution is 2.24. The Kier molecular flexibility index (Phi) is 4.69. The minimum Gasteiger partial charge on any atom is -0.497 e. The molecule has 8 nitrogen and oxygen atoms in total. The van der Waals surface area contributed by atoms with Crippen LogP contribution in [0.25, 0.3) is 11.5 Å². The van der Waals surface area contributed by atoms with Crippen LogP contribution in [0.1, 0.15) is 35.1 Å². The monoisotopic (exact) mass is 340 g/mol. The fraction of sp³-hybridized carbons (Fsp3) is 0.235. The molecule has 0 saturated heterocycles. The van der Waals surface area contributed by atoms with Crippen molar-refractivity contribution in [3.05, 3.63) is 53.9 Å². The van der Waals surface area contributed by atoms with Gasteiger partial charge in [-0.25, -0.2) is 9.78 Å². The fourth-order valence-corrected chi connectivity index (χ4v) is 2.02. The normalized spacial score (nSPS) is 11.8. The van der Waals surface area contributed by atoms with Crippen molar-refractivity contribution >= 4 is 5.97 Å². The fourth-order valence-electron chi connectivity index (χ4n) is 2.02. The lowest BCUT2D eigenvalue weighted by Crippen LogP contribution is -2.11. The number of rotatable bonds is 5. The van der Waals surface area contributed by atoms with Crippen LogP contribution >= 0.6 is 0 Å². The zero-order chi connectivity index (χ0) is 17.8. The quantitative estimate of drug-likeness (QED) is 0.654. The number of carbonyl (C=O) groups excluding carboxylic acids is 1. The van der Waals surface area contributed by atoms with E-state index in [4.69, 9.17) is 13.9 Å². The SMILES string of the molecule is COc1ccc(-c2nnc(C(C)OC(=O)c3cnc(C)cn3)o2)cc1. The van der Waals surface area contributed by atoms with Crippen LogP contribution in [-0.4, -0.2) is 33.2 Å². The van der Waals surface area contributed by atoms with E-state index in [0.29, 0.717) is 11.6 Å². The van der Waals surface area contributed by atoms with Crippen molar-refractivity contribution in [2.75, 3.05) is 7.11 Å². The van der Waals surface area contributed by atoms with Gasteiger partial charge in [0.15, 0.2) is 11.8 Å². The molecular weight excluding hydrogens is 324 g/mol. The number of hydrogen-bond donors (Lipinski definition) is 0. The highest BCUT2D eigenvalue weighted by molar-refractivity contribution is 5.86. The molecule has 3 rings (SSSR count). The van der Waals surface area contributed by atoms with Gasteiger partial charge in [0.25, 0.3) is 5.89 Å². The molecule has 1 atom stereocenters. The van der Waals surface area contributed by atoms with E-state index in [1.54, 1.807) is 45.2 Å². The van der Waals surface area contributed by atoms with E-state index >= 15 is 0 Å². The van der Waals surface area contributed by atoms with E-state index in [1.165, 1.54) is 12.4 Å². The van der Waals surface area contributed by atoms with Gasteiger partial charge in [0.1, 0.15) is 5.75 Å². The highest BCUT2D eigenvalue weighted by Gasteiger charge is 2.20. The molecule has 2 heterocycles. The summed E-state index contributed by atoms with van der Waals surface area (Å²) in [6.07, 6.45) is 2.14. The summed E-state index contributed by atoms with van der Waals surface area (Å²) in [4.78, 5) is 20.1. The van der Waals surface area contributed by atoms with Crippen LogP contribution in [0.3, 0.4) is 0 Å². The summed E-state index contributed by atoms with van der Waals surface area (Å²) in [5.41, 5.74) is 1.57. The molecule has 1 unspecified atom stereocenters. The minimum atomic E-state index is -0.713.